The second kappa shape index (κ2) is 4.14. The molecule has 3 rings (SSSR count). The zero-order chi connectivity index (χ0) is 12.7. The number of fused-ring (bicyclic) bond motifs is 1. The highest BCUT2D eigenvalue weighted by Crippen LogP contribution is 2.27. The van der Waals surface area contributed by atoms with E-state index in [1.165, 1.54) is 10.6 Å². The fourth-order valence-electron chi connectivity index (χ4n) is 1.98. The highest BCUT2D eigenvalue weighted by molar-refractivity contribution is 7.17. The van der Waals surface area contributed by atoms with Gasteiger partial charge in [0.2, 0.25) is 0 Å². The van der Waals surface area contributed by atoms with Gasteiger partial charge in [-0.15, -0.1) is 11.3 Å². The molecular weight excluding hydrogens is 244 g/mol. The number of methoxy groups -OCH3 is 1. The van der Waals surface area contributed by atoms with Crippen LogP contribution in [0.2, 0.25) is 0 Å². The standard InChI is InChI=1S/C14H14N2OS/c1-9-10(2)18-14-15-13(8-16(9)14)11-5-4-6-12(7-11)17-3/h4-8H,1-3H3. The van der Waals surface area contributed by atoms with E-state index in [9.17, 15) is 0 Å². The Bertz CT molecular complexity index is 712. The van der Waals surface area contributed by atoms with E-state index in [4.69, 9.17) is 4.74 Å². The maximum Gasteiger partial charge on any atom is 0.194 e. The number of hydrogen-bond acceptors (Lipinski definition) is 3. The van der Waals surface area contributed by atoms with Crippen LogP contribution < -0.4 is 4.74 Å². The predicted octanol–water partition coefficient (Wildman–Crippen LogP) is 3.69. The maximum atomic E-state index is 5.24. The van der Waals surface area contributed by atoms with Gasteiger partial charge in [0.1, 0.15) is 5.75 Å². The van der Waals surface area contributed by atoms with Crippen LogP contribution in [-0.4, -0.2) is 16.5 Å². The van der Waals surface area contributed by atoms with E-state index in [0.29, 0.717) is 0 Å². The molecule has 0 N–H and O–H groups in total. The molecule has 1 aromatic carbocycles. The molecule has 0 aliphatic heterocycles. The van der Waals surface area contributed by atoms with Crippen molar-refractivity contribution in [2.75, 3.05) is 7.11 Å². The number of aromatic nitrogens is 2. The summed E-state index contributed by atoms with van der Waals surface area (Å²) in [6.07, 6.45) is 2.09. The molecule has 0 fully saturated rings. The van der Waals surface area contributed by atoms with Crippen molar-refractivity contribution in [3.63, 3.8) is 0 Å². The van der Waals surface area contributed by atoms with Crippen molar-refractivity contribution in [1.29, 1.82) is 0 Å². The molecule has 2 aromatic heterocycles. The lowest BCUT2D eigenvalue weighted by Crippen LogP contribution is -1.84. The summed E-state index contributed by atoms with van der Waals surface area (Å²) >= 11 is 1.72. The van der Waals surface area contributed by atoms with Crippen molar-refractivity contribution in [3.8, 4) is 17.0 Å². The normalized spacial score (nSPS) is 11.1. The molecule has 0 saturated carbocycles. The number of aryl methyl sites for hydroxylation is 2. The number of imidazole rings is 1. The number of hydrogen-bond donors (Lipinski definition) is 0. The van der Waals surface area contributed by atoms with Crippen molar-refractivity contribution >= 4 is 16.3 Å². The number of benzene rings is 1. The second-order valence-electron chi connectivity index (χ2n) is 4.25. The van der Waals surface area contributed by atoms with E-state index < -0.39 is 0 Å². The van der Waals surface area contributed by atoms with Crippen LogP contribution >= 0.6 is 11.3 Å². The first-order chi connectivity index (χ1) is 8.69. The van der Waals surface area contributed by atoms with Crippen LogP contribution in [0, 0.1) is 13.8 Å². The summed E-state index contributed by atoms with van der Waals surface area (Å²) in [5.74, 6) is 0.858. The molecule has 4 heteroatoms. The monoisotopic (exact) mass is 258 g/mol. The van der Waals surface area contributed by atoms with Crippen molar-refractivity contribution < 1.29 is 4.74 Å². The lowest BCUT2D eigenvalue weighted by atomic mass is 10.1. The number of ether oxygens (including phenoxy) is 1. The Morgan fingerprint density at radius 1 is 1.28 bits per heavy atom. The van der Waals surface area contributed by atoms with E-state index in [1.54, 1.807) is 18.4 Å². The Morgan fingerprint density at radius 2 is 2.11 bits per heavy atom. The van der Waals surface area contributed by atoms with Crippen LogP contribution in [0.25, 0.3) is 16.2 Å². The van der Waals surface area contributed by atoms with Crippen LogP contribution in [0.15, 0.2) is 30.5 Å². The Labute approximate surface area is 110 Å². The number of rotatable bonds is 2. The van der Waals surface area contributed by atoms with E-state index >= 15 is 0 Å². The molecule has 0 radical (unpaired) electrons. The van der Waals surface area contributed by atoms with Gasteiger partial charge in [-0.05, 0) is 26.0 Å². The minimum atomic E-state index is 0.858. The van der Waals surface area contributed by atoms with Gasteiger partial charge in [0.15, 0.2) is 4.96 Å². The predicted molar refractivity (Wildman–Crippen MR) is 74.5 cm³/mol. The van der Waals surface area contributed by atoms with E-state index in [1.807, 2.05) is 18.2 Å². The molecule has 0 saturated heterocycles. The summed E-state index contributed by atoms with van der Waals surface area (Å²) in [7, 11) is 1.68. The van der Waals surface area contributed by atoms with Crippen LogP contribution in [0.3, 0.4) is 0 Å². The first kappa shape index (κ1) is 11.3. The van der Waals surface area contributed by atoms with Gasteiger partial charge < -0.3 is 4.74 Å². The SMILES string of the molecule is COc1cccc(-c2cn3c(C)c(C)sc3n2)c1. The summed E-state index contributed by atoms with van der Waals surface area (Å²) in [6, 6.07) is 7.99. The first-order valence-corrected chi connectivity index (χ1v) is 6.60. The molecule has 3 nitrogen and oxygen atoms in total. The van der Waals surface area contributed by atoms with Crippen LogP contribution in [0.5, 0.6) is 5.75 Å². The van der Waals surface area contributed by atoms with E-state index in [0.717, 1.165) is 22.0 Å². The van der Waals surface area contributed by atoms with Gasteiger partial charge in [0.05, 0.1) is 12.8 Å². The van der Waals surface area contributed by atoms with Gasteiger partial charge in [-0.3, -0.25) is 4.40 Å². The van der Waals surface area contributed by atoms with Crippen molar-refractivity contribution in [1.82, 2.24) is 9.38 Å². The third kappa shape index (κ3) is 1.69. The minimum Gasteiger partial charge on any atom is -0.497 e. The first-order valence-electron chi connectivity index (χ1n) is 5.78. The average Bonchev–Trinajstić information content (AvgIpc) is 2.91. The summed E-state index contributed by atoms with van der Waals surface area (Å²) in [6.45, 7) is 4.25. The quantitative estimate of drug-likeness (QED) is 0.701. The summed E-state index contributed by atoms with van der Waals surface area (Å²) in [5.41, 5.74) is 3.34. The van der Waals surface area contributed by atoms with Gasteiger partial charge in [-0.25, -0.2) is 4.98 Å². The Morgan fingerprint density at radius 3 is 2.83 bits per heavy atom. The maximum absolute atomic E-state index is 5.24. The van der Waals surface area contributed by atoms with Gasteiger partial charge in [0, 0.05) is 22.3 Å². The summed E-state index contributed by atoms with van der Waals surface area (Å²) < 4.78 is 7.39. The third-order valence-electron chi connectivity index (χ3n) is 3.15. The number of nitrogens with zero attached hydrogens (tertiary/aromatic N) is 2. The van der Waals surface area contributed by atoms with Gasteiger partial charge >= 0.3 is 0 Å². The van der Waals surface area contributed by atoms with Crippen LogP contribution in [0.4, 0.5) is 0 Å². The highest BCUT2D eigenvalue weighted by atomic mass is 32.1. The molecule has 3 aromatic rings. The molecule has 18 heavy (non-hydrogen) atoms. The molecule has 0 amide bonds. The fraction of sp³-hybridized carbons (Fsp3) is 0.214. The van der Waals surface area contributed by atoms with Gasteiger partial charge in [-0.1, -0.05) is 12.1 Å². The molecule has 0 spiro atoms. The summed E-state index contributed by atoms with van der Waals surface area (Å²) in [5, 5.41) is 0. The highest BCUT2D eigenvalue weighted by Gasteiger charge is 2.10. The van der Waals surface area contributed by atoms with Crippen molar-refractivity contribution in [2.45, 2.75) is 13.8 Å². The lowest BCUT2D eigenvalue weighted by molar-refractivity contribution is 0.415. The average molecular weight is 258 g/mol. The van der Waals surface area contributed by atoms with Crippen LogP contribution in [-0.2, 0) is 0 Å². The molecule has 0 atom stereocenters. The molecule has 0 unspecified atom stereocenters. The number of thiazole rings is 1. The second-order valence-corrected chi connectivity index (χ2v) is 5.44. The fourth-order valence-corrected chi connectivity index (χ4v) is 2.93. The third-order valence-corrected chi connectivity index (χ3v) is 4.23. The molecule has 0 aliphatic rings. The zero-order valence-electron chi connectivity index (χ0n) is 10.6. The van der Waals surface area contributed by atoms with E-state index in [-0.39, 0.29) is 0 Å². The molecule has 92 valence electrons. The Balaban J connectivity index is 2.13. The van der Waals surface area contributed by atoms with Crippen molar-refractivity contribution in [3.05, 3.63) is 41.0 Å². The zero-order valence-corrected chi connectivity index (χ0v) is 11.4. The van der Waals surface area contributed by atoms with Crippen LogP contribution in [0.1, 0.15) is 10.6 Å². The Kier molecular flexibility index (Phi) is 2.59. The molecule has 0 bridgehead atoms. The topological polar surface area (TPSA) is 26.5 Å². The largest absolute Gasteiger partial charge is 0.497 e. The summed E-state index contributed by atoms with van der Waals surface area (Å²) in [4.78, 5) is 7.02. The van der Waals surface area contributed by atoms with Gasteiger partial charge in [-0.2, -0.15) is 0 Å². The minimum absolute atomic E-state index is 0.858. The Hall–Kier alpha value is -1.81. The molecule has 0 aliphatic carbocycles. The smallest absolute Gasteiger partial charge is 0.194 e. The van der Waals surface area contributed by atoms with Gasteiger partial charge in [0.25, 0.3) is 0 Å². The van der Waals surface area contributed by atoms with Crippen molar-refractivity contribution in [2.24, 2.45) is 0 Å². The molecule has 2 heterocycles. The molecular formula is C14H14N2OS. The lowest BCUT2D eigenvalue weighted by Gasteiger charge is -2.01. The van der Waals surface area contributed by atoms with E-state index in [2.05, 4.69) is 35.5 Å².